The van der Waals surface area contributed by atoms with Gasteiger partial charge in [0.2, 0.25) is 0 Å². The van der Waals surface area contributed by atoms with Gasteiger partial charge in [-0.25, -0.2) is 0 Å². The lowest BCUT2D eigenvalue weighted by Crippen LogP contribution is -2.24. The van der Waals surface area contributed by atoms with Gasteiger partial charge in [-0.1, -0.05) is 26.2 Å². The molecule has 1 aliphatic rings. The minimum absolute atomic E-state index is 0.610. The van der Waals surface area contributed by atoms with Gasteiger partial charge in [0.1, 0.15) is 5.52 Å². The fraction of sp³-hybridized carbons (Fsp3) is 0.533. The molecule has 1 aromatic carbocycles. The van der Waals surface area contributed by atoms with Crippen LogP contribution in [-0.2, 0) is 0 Å². The summed E-state index contributed by atoms with van der Waals surface area (Å²) >= 11 is 0. The van der Waals surface area contributed by atoms with Crippen LogP contribution in [0, 0.1) is 11.8 Å². The maximum Gasteiger partial charge on any atom is 0.295 e. The van der Waals surface area contributed by atoms with E-state index in [1.807, 2.05) is 18.2 Å². The van der Waals surface area contributed by atoms with Crippen LogP contribution in [0.3, 0.4) is 0 Å². The standard InChI is InChI=1S/C15H21N3O/c1-10-4-2-3-5-11(10)9-17-15-18-13-8-12(16)6-7-14(13)19-15/h6-8,10-11H,2-5,9,16H2,1H3,(H,17,18). The van der Waals surface area contributed by atoms with Gasteiger partial charge in [0.15, 0.2) is 5.58 Å². The molecule has 0 radical (unpaired) electrons. The minimum atomic E-state index is 0.610. The quantitative estimate of drug-likeness (QED) is 0.826. The number of anilines is 2. The molecule has 2 atom stereocenters. The predicted octanol–water partition coefficient (Wildman–Crippen LogP) is 3.65. The number of rotatable bonds is 3. The second-order valence-electron chi connectivity index (χ2n) is 5.65. The zero-order chi connectivity index (χ0) is 13.2. The molecule has 102 valence electrons. The molecule has 4 heteroatoms. The molecule has 3 rings (SSSR count). The van der Waals surface area contributed by atoms with Crippen molar-refractivity contribution in [3.05, 3.63) is 18.2 Å². The van der Waals surface area contributed by atoms with Crippen molar-refractivity contribution in [3.8, 4) is 0 Å². The normalized spacial score (nSPS) is 23.6. The average Bonchev–Trinajstić information content (AvgIpc) is 2.79. The fourth-order valence-corrected chi connectivity index (χ4v) is 2.93. The number of nitrogens with two attached hydrogens (primary N) is 1. The monoisotopic (exact) mass is 259 g/mol. The summed E-state index contributed by atoms with van der Waals surface area (Å²) < 4.78 is 5.67. The molecule has 1 aliphatic carbocycles. The van der Waals surface area contributed by atoms with E-state index in [1.54, 1.807) is 0 Å². The molecule has 0 amide bonds. The smallest absolute Gasteiger partial charge is 0.295 e. The zero-order valence-corrected chi connectivity index (χ0v) is 11.4. The van der Waals surface area contributed by atoms with Crippen molar-refractivity contribution in [1.29, 1.82) is 0 Å². The number of aromatic nitrogens is 1. The van der Waals surface area contributed by atoms with Gasteiger partial charge < -0.3 is 15.5 Å². The van der Waals surface area contributed by atoms with Crippen LogP contribution in [-0.4, -0.2) is 11.5 Å². The van der Waals surface area contributed by atoms with E-state index in [4.69, 9.17) is 10.2 Å². The van der Waals surface area contributed by atoms with E-state index in [0.29, 0.717) is 11.7 Å². The highest BCUT2D eigenvalue weighted by Crippen LogP contribution is 2.30. The second kappa shape index (κ2) is 5.11. The van der Waals surface area contributed by atoms with Gasteiger partial charge in [0.05, 0.1) is 0 Å². The van der Waals surface area contributed by atoms with Gasteiger partial charge in [0.25, 0.3) is 6.01 Å². The van der Waals surface area contributed by atoms with Crippen molar-refractivity contribution >= 4 is 22.8 Å². The van der Waals surface area contributed by atoms with E-state index < -0.39 is 0 Å². The van der Waals surface area contributed by atoms with E-state index in [-0.39, 0.29) is 0 Å². The van der Waals surface area contributed by atoms with Crippen LogP contribution in [0.5, 0.6) is 0 Å². The number of nitrogens with one attached hydrogen (secondary N) is 1. The molecule has 1 heterocycles. The van der Waals surface area contributed by atoms with Gasteiger partial charge in [-0.05, 0) is 36.5 Å². The Morgan fingerprint density at radius 1 is 1.37 bits per heavy atom. The maximum absolute atomic E-state index is 5.74. The van der Waals surface area contributed by atoms with E-state index in [1.165, 1.54) is 25.7 Å². The Morgan fingerprint density at radius 2 is 2.21 bits per heavy atom. The molecule has 0 aliphatic heterocycles. The first kappa shape index (κ1) is 12.3. The lowest BCUT2D eigenvalue weighted by atomic mass is 9.80. The first-order valence-corrected chi connectivity index (χ1v) is 7.12. The Kier molecular flexibility index (Phi) is 3.32. The summed E-state index contributed by atoms with van der Waals surface area (Å²) in [5.41, 5.74) is 8.06. The summed E-state index contributed by atoms with van der Waals surface area (Å²) in [5.74, 6) is 1.52. The molecule has 0 spiro atoms. The topological polar surface area (TPSA) is 64.1 Å². The highest BCUT2D eigenvalue weighted by atomic mass is 16.4. The van der Waals surface area contributed by atoms with E-state index in [9.17, 15) is 0 Å². The molecule has 2 unspecified atom stereocenters. The first-order chi connectivity index (χ1) is 9.22. The third kappa shape index (κ3) is 2.67. The van der Waals surface area contributed by atoms with Crippen molar-refractivity contribution in [1.82, 2.24) is 4.98 Å². The van der Waals surface area contributed by atoms with Crippen LogP contribution in [0.15, 0.2) is 22.6 Å². The number of nitrogens with zero attached hydrogens (tertiary/aromatic N) is 1. The minimum Gasteiger partial charge on any atom is -0.424 e. The Morgan fingerprint density at radius 3 is 3.05 bits per heavy atom. The van der Waals surface area contributed by atoms with Crippen LogP contribution in [0.25, 0.3) is 11.1 Å². The molecule has 1 aromatic heterocycles. The second-order valence-corrected chi connectivity index (χ2v) is 5.65. The molecule has 0 bridgehead atoms. The van der Waals surface area contributed by atoms with Crippen LogP contribution >= 0.6 is 0 Å². The summed E-state index contributed by atoms with van der Waals surface area (Å²) in [7, 11) is 0. The molecule has 1 saturated carbocycles. The third-order valence-corrected chi connectivity index (χ3v) is 4.22. The Balaban J connectivity index is 1.68. The number of hydrogen-bond donors (Lipinski definition) is 2. The van der Waals surface area contributed by atoms with E-state index >= 15 is 0 Å². The highest BCUT2D eigenvalue weighted by molar-refractivity contribution is 5.78. The van der Waals surface area contributed by atoms with Gasteiger partial charge >= 0.3 is 0 Å². The summed E-state index contributed by atoms with van der Waals surface area (Å²) in [4.78, 5) is 4.43. The average molecular weight is 259 g/mol. The molecule has 19 heavy (non-hydrogen) atoms. The Hall–Kier alpha value is -1.71. The van der Waals surface area contributed by atoms with Crippen molar-refractivity contribution in [2.75, 3.05) is 17.6 Å². The Labute approximate surface area is 113 Å². The number of oxazole rings is 1. The van der Waals surface area contributed by atoms with Crippen molar-refractivity contribution in [2.24, 2.45) is 11.8 Å². The molecular formula is C15H21N3O. The summed E-state index contributed by atoms with van der Waals surface area (Å²) in [6, 6.07) is 6.15. The molecule has 0 saturated heterocycles. The SMILES string of the molecule is CC1CCCCC1CNc1nc2cc(N)ccc2o1. The van der Waals surface area contributed by atoms with Crippen molar-refractivity contribution < 1.29 is 4.42 Å². The van der Waals surface area contributed by atoms with E-state index in [0.717, 1.165) is 29.5 Å². The number of nitrogen functional groups attached to an aromatic ring is 1. The maximum atomic E-state index is 5.74. The molecule has 4 nitrogen and oxygen atoms in total. The van der Waals surface area contributed by atoms with Gasteiger partial charge in [-0.3, -0.25) is 0 Å². The molecule has 3 N–H and O–H groups in total. The van der Waals surface area contributed by atoms with Crippen LogP contribution < -0.4 is 11.1 Å². The summed E-state index contributed by atoms with van der Waals surface area (Å²) in [5, 5.41) is 3.34. The predicted molar refractivity (Wildman–Crippen MR) is 78.0 cm³/mol. The molecule has 2 aromatic rings. The fourth-order valence-electron chi connectivity index (χ4n) is 2.93. The zero-order valence-electron chi connectivity index (χ0n) is 11.4. The number of fused-ring (bicyclic) bond motifs is 1. The number of benzene rings is 1. The van der Waals surface area contributed by atoms with Crippen LogP contribution in [0.2, 0.25) is 0 Å². The van der Waals surface area contributed by atoms with Crippen LogP contribution in [0.1, 0.15) is 32.6 Å². The lowest BCUT2D eigenvalue weighted by Gasteiger charge is -2.28. The molecule has 1 fully saturated rings. The number of hydrogen-bond acceptors (Lipinski definition) is 4. The van der Waals surface area contributed by atoms with Gasteiger partial charge in [0, 0.05) is 12.2 Å². The third-order valence-electron chi connectivity index (χ3n) is 4.22. The van der Waals surface area contributed by atoms with E-state index in [2.05, 4.69) is 17.2 Å². The van der Waals surface area contributed by atoms with Crippen molar-refractivity contribution in [2.45, 2.75) is 32.6 Å². The Bertz CT molecular complexity index is 564. The van der Waals surface area contributed by atoms with Crippen molar-refractivity contribution in [3.63, 3.8) is 0 Å². The first-order valence-electron chi connectivity index (χ1n) is 7.12. The van der Waals surface area contributed by atoms with Gasteiger partial charge in [-0.2, -0.15) is 4.98 Å². The van der Waals surface area contributed by atoms with Gasteiger partial charge in [-0.15, -0.1) is 0 Å². The van der Waals surface area contributed by atoms with Crippen LogP contribution in [0.4, 0.5) is 11.7 Å². The highest BCUT2D eigenvalue weighted by Gasteiger charge is 2.21. The largest absolute Gasteiger partial charge is 0.424 e. The summed E-state index contributed by atoms with van der Waals surface area (Å²) in [6.45, 7) is 3.29. The summed E-state index contributed by atoms with van der Waals surface area (Å²) in [6.07, 6.45) is 5.37. The molecular weight excluding hydrogens is 238 g/mol. The lowest BCUT2D eigenvalue weighted by molar-refractivity contribution is 0.267.